The number of methoxy groups -OCH3 is 1. The van der Waals surface area contributed by atoms with Crippen molar-refractivity contribution in [3.8, 4) is 5.75 Å². The van der Waals surface area contributed by atoms with Gasteiger partial charge < -0.3 is 14.2 Å². The quantitative estimate of drug-likeness (QED) is 0.618. The standard InChI is InChI=1S/C17H22O4/c1-4-9-17(15(18)20-5-2)16(21-17)10-8-12-6-7-13(19-3)11-14(12)16/h6-7,11H,4-5,8-10H2,1-3H3. The lowest BCUT2D eigenvalue weighted by Gasteiger charge is -2.16. The molecule has 21 heavy (non-hydrogen) atoms. The summed E-state index contributed by atoms with van der Waals surface area (Å²) < 4.78 is 16.7. The van der Waals surface area contributed by atoms with Crippen molar-refractivity contribution < 1.29 is 19.0 Å². The van der Waals surface area contributed by atoms with Gasteiger partial charge in [-0.15, -0.1) is 0 Å². The molecule has 0 radical (unpaired) electrons. The van der Waals surface area contributed by atoms with Gasteiger partial charge >= 0.3 is 5.97 Å². The molecule has 2 atom stereocenters. The largest absolute Gasteiger partial charge is 0.497 e. The number of hydrogen-bond acceptors (Lipinski definition) is 4. The summed E-state index contributed by atoms with van der Waals surface area (Å²) in [5.41, 5.74) is 1.05. The zero-order valence-corrected chi connectivity index (χ0v) is 12.9. The highest BCUT2D eigenvalue weighted by atomic mass is 16.7. The number of aryl methyl sites for hydroxylation is 1. The number of esters is 1. The Balaban J connectivity index is 2.00. The molecular weight excluding hydrogens is 268 g/mol. The van der Waals surface area contributed by atoms with Crippen molar-refractivity contribution in [1.29, 1.82) is 0 Å². The van der Waals surface area contributed by atoms with Crippen molar-refractivity contribution in [2.45, 2.75) is 50.7 Å². The fourth-order valence-electron chi connectivity index (χ4n) is 3.68. The average molecular weight is 290 g/mol. The second kappa shape index (κ2) is 5.02. The SMILES string of the molecule is CCCC1(C(=O)OCC)OC12CCc1ccc(OC)cc12. The van der Waals surface area contributed by atoms with Crippen molar-refractivity contribution >= 4 is 5.97 Å². The van der Waals surface area contributed by atoms with E-state index in [0.29, 0.717) is 13.0 Å². The predicted octanol–water partition coefficient (Wildman–Crippen LogP) is 2.97. The van der Waals surface area contributed by atoms with E-state index >= 15 is 0 Å². The van der Waals surface area contributed by atoms with Crippen LogP contribution in [0.15, 0.2) is 18.2 Å². The highest BCUT2D eigenvalue weighted by Gasteiger charge is 2.77. The van der Waals surface area contributed by atoms with Crippen LogP contribution in [0.2, 0.25) is 0 Å². The minimum absolute atomic E-state index is 0.220. The molecular formula is C17H22O4. The molecule has 1 aliphatic heterocycles. The number of carbonyl (C=O) groups excluding carboxylic acids is 1. The van der Waals surface area contributed by atoms with Crippen molar-refractivity contribution in [3.05, 3.63) is 29.3 Å². The molecule has 4 heteroatoms. The second-order valence-corrected chi connectivity index (χ2v) is 5.75. The van der Waals surface area contributed by atoms with E-state index in [9.17, 15) is 4.79 Å². The van der Waals surface area contributed by atoms with Gasteiger partial charge in [0.05, 0.1) is 13.7 Å². The molecule has 1 saturated heterocycles. The third-order valence-electron chi connectivity index (χ3n) is 4.66. The van der Waals surface area contributed by atoms with E-state index in [-0.39, 0.29) is 5.97 Å². The van der Waals surface area contributed by atoms with E-state index in [4.69, 9.17) is 14.2 Å². The summed E-state index contributed by atoms with van der Waals surface area (Å²) >= 11 is 0. The predicted molar refractivity (Wildman–Crippen MR) is 78.4 cm³/mol. The minimum Gasteiger partial charge on any atom is -0.497 e. The van der Waals surface area contributed by atoms with Gasteiger partial charge in [-0.2, -0.15) is 0 Å². The Kier molecular flexibility index (Phi) is 3.44. The molecule has 114 valence electrons. The molecule has 1 heterocycles. The maximum Gasteiger partial charge on any atom is 0.341 e. The first-order valence-electron chi connectivity index (χ1n) is 7.68. The molecule has 1 spiro atoms. The van der Waals surface area contributed by atoms with Crippen LogP contribution < -0.4 is 4.74 Å². The number of fused-ring (bicyclic) bond motifs is 2. The Labute approximate surface area is 125 Å². The Hall–Kier alpha value is -1.55. The molecule has 2 unspecified atom stereocenters. The van der Waals surface area contributed by atoms with Gasteiger partial charge in [0.25, 0.3) is 0 Å². The molecule has 0 aromatic heterocycles. The number of rotatable bonds is 5. The monoisotopic (exact) mass is 290 g/mol. The third kappa shape index (κ3) is 1.89. The Bertz CT molecular complexity index is 568. The average Bonchev–Trinajstić information content (AvgIpc) is 3.01. The van der Waals surface area contributed by atoms with Crippen molar-refractivity contribution in [2.24, 2.45) is 0 Å². The van der Waals surface area contributed by atoms with Gasteiger partial charge in [0.1, 0.15) is 11.4 Å². The van der Waals surface area contributed by atoms with Gasteiger partial charge in [0.15, 0.2) is 5.60 Å². The maximum absolute atomic E-state index is 12.5. The van der Waals surface area contributed by atoms with Crippen molar-refractivity contribution in [2.75, 3.05) is 13.7 Å². The van der Waals surface area contributed by atoms with Gasteiger partial charge in [-0.05, 0) is 49.4 Å². The van der Waals surface area contributed by atoms with Gasteiger partial charge in [-0.25, -0.2) is 4.79 Å². The smallest absolute Gasteiger partial charge is 0.341 e. The lowest BCUT2D eigenvalue weighted by molar-refractivity contribution is -0.149. The van der Waals surface area contributed by atoms with E-state index in [2.05, 4.69) is 13.0 Å². The lowest BCUT2D eigenvalue weighted by atomic mass is 9.84. The number of epoxide rings is 1. The fourth-order valence-corrected chi connectivity index (χ4v) is 3.68. The highest BCUT2D eigenvalue weighted by Crippen LogP contribution is 2.65. The number of hydrogen-bond donors (Lipinski definition) is 0. The molecule has 1 aliphatic carbocycles. The zero-order chi connectivity index (χ0) is 15.1. The van der Waals surface area contributed by atoms with Crippen molar-refractivity contribution in [3.63, 3.8) is 0 Å². The molecule has 1 fully saturated rings. The Morgan fingerprint density at radius 2 is 2.19 bits per heavy atom. The molecule has 2 aliphatic rings. The summed E-state index contributed by atoms with van der Waals surface area (Å²) in [6.45, 7) is 4.28. The summed E-state index contributed by atoms with van der Waals surface area (Å²) in [4.78, 5) is 12.5. The van der Waals surface area contributed by atoms with Crippen LogP contribution in [0.1, 0.15) is 44.2 Å². The van der Waals surface area contributed by atoms with Crippen LogP contribution in [0.25, 0.3) is 0 Å². The first-order chi connectivity index (χ1) is 10.1. The third-order valence-corrected chi connectivity index (χ3v) is 4.66. The Morgan fingerprint density at radius 1 is 1.38 bits per heavy atom. The second-order valence-electron chi connectivity index (χ2n) is 5.75. The number of carbonyl (C=O) groups is 1. The number of ether oxygens (including phenoxy) is 3. The van der Waals surface area contributed by atoms with Crippen LogP contribution in [0, 0.1) is 0 Å². The van der Waals surface area contributed by atoms with Gasteiger partial charge in [-0.1, -0.05) is 19.4 Å². The van der Waals surface area contributed by atoms with E-state index < -0.39 is 11.2 Å². The van der Waals surface area contributed by atoms with Crippen LogP contribution in [0.5, 0.6) is 5.75 Å². The molecule has 0 bridgehead atoms. The lowest BCUT2D eigenvalue weighted by Crippen LogP contribution is -2.33. The van der Waals surface area contributed by atoms with Crippen LogP contribution in [0.3, 0.4) is 0 Å². The molecule has 4 nitrogen and oxygen atoms in total. The van der Waals surface area contributed by atoms with Crippen molar-refractivity contribution in [1.82, 2.24) is 0 Å². The summed E-state index contributed by atoms with van der Waals surface area (Å²) in [7, 11) is 1.65. The topological polar surface area (TPSA) is 48.1 Å². The normalized spacial score (nSPS) is 29.3. The molecule has 0 amide bonds. The Morgan fingerprint density at radius 3 is 2.86 bits per heavy atom. The van der Waals surface area contributed by atoms with Crippen LogP contribution in [0.4, 0.5) is 0 Å². The highest BCUT2D eigenvalue weighted by molar-refractivity contribution is 5.86. The molecule has 1 aromatic carbocycles. The van der Waals surface area contributed by atoms with E-state index in [1.807, 2.05) is 19.1 Å². The van der Waals surface area contributed by atoms with Gasteiger partial charge in [-0.3, -0.25) is 0 Å². The zero-order valence-electron chi connectivity index (χ0n) is 12.9. The number of benzene rings is 1. The summed E-state index contributed by atoms with van der Waals surface area (Å²) in [5.74, 6) is 0.585. The minimum atomic E-state index is -0.796. The summed E-state index contributed by atoms with van der Waals surface area (Å²) in [6.07, 6.45) is 3.36. The van der Waals surface area contributed by atoms with Gasteiger partial charge in [0, 0.05) is 0 Å². The molecule has 1 aromatic rings. The van der Waals surface area contributed by atoms with Crippen LogP contribution in [-0.4, -0.2) is 25.3 Å². The molecule has 0 N–H and O–H groups in total. The molecule has 3 rings (SSSR count). The van der Waals surface area contributed by atoms with Crippen LogP contribution >= 0.6 is 0 Å². The first kappa shape index (κ1) is 14.4. The first-order valence-corrected chi connectivity index (χ1v) is 7.68. The van der Waals surface area contributed by atoms with E-state index in [0.717, 1.165) is 30.6 Å². The summed E-state index contributed by atoms with van der Waals surface area (Å²) in [5, 5.41) is 0. The van der Waals surface area contributed by atoms with Crippen LogP contribution in [-0.2, 0) is 26.3 Å². The van der Waals surface area contributed by atoms with E-state index in [1.54, 1.807) is 7.11 Å². The van der Waals surface area contributed by atoms with E-state index in [1.165, 1.54) is 5.56 Å². The maximum atomic E-state index is 12.5. The fraction of sp³-hybridized carbons (Fsp3) is 0.588. The summed E-state index contributed by atoms with van der Waals surface area (Å²) in [6, 6.07) is 6.05. The molecule has 0 saturated carbocycles. The van der Waals surface area contributed by atoms with Gasteiger partial charge in [0.2, 0.25) is 0 Å².